The molecule has 0 spiro atoms. The van der Waals surface area contributed by atoms with Crippen LogP contribution in [0.15, 0.2) is 0 Å². The molecular formula is HNNa2O4. The molecule has 0 saturated carbocycles. The number of nitrogens with zero attached hydrogens (tertiary/aromatic N) is 1. The third-order valence-corrected chi connectivity index (χ3v) is 0. The number of hydrogen-bond donors (Lipinski definition) is 1. The van der Waals surface area contributed by atoms with Crippen LogP contribution in [0.5, 0.6) is 0 Å². The van der Waals surface area contributed by atoms with Crippen molar-refractivity contribution in [3.63, 3.8) is 0 Å². The van der Waals surface area contributed by atoms with Gasteiger partial charge in [-0.15, -0.1) is 10.1 Å². The van der Waals surface area contributed by atoms with Gasteiger partial charge in [-0.25, -0.2) is 0 Å². The maximum atomic E-state index is 8.36. The summed E-state index contributed by atoms with van der Waals surface area (Å²) in [4.78, 5) is 8.36. The summed E-state index contributed by atoms with van der Waals surface area (Å²) in [5.74, 6) is 0. The van der Waals surface area contributed by atoms with Crippen molar-refractivity contribution in [3.05, 3.63) is 10.1 Å². The van der Waals surface area contributed by atoms with Gasteiger partial charge in [0.05, 0.1) is 0 Å². The average Bonchev–Trinajstić information content (AvgIpc) is 0.811. The van der Waals surface area contributed by atoms with Crippen LogP contribution < -0.4 is 59.1 Å². The van der Waals surface area contributed by atoms with E-state index in [4.69, 9.17) is 15.3 Å². The summed E-state index contributed by atoms with van der Waals surface area (Å²) in [6, 6.07) is 0. The second-order valence-corrected chi connectivity index (χ2v) is 0.238. The van der Waals surface area contributed by atoms with Crippen LogP contribution in [-0.2, 0) is 5.48 Å². The van der Waals surface area contributed by atoms with Crippen LogP contribution >= 0.6 is 0 Å². The van der Waals surface area contributed by atoms with E-state index >= 15 is 0 Å². The first kappa shape index (κ1) is 24.2. The summed E-state index contributed by atoms with van der Waals surface area (Å²) in [6.45, 7) is 0. The molecule has 0 aromatic rings. The fourth-order valence-electron chi connectivity index (χ4n) is 0. The molecule has 0 rings (SSSR count). The Morgan fingerprint density at radius 2 is 1.43 bits per heavy atom. The maximum Gasteiger partial charge on any atom is 1.00 e. The Labute approximate surface area is 84.1 Å². The van der Waals surface area contributed by atoms with E-state index in [1.54, 1.807) is 0 Å². The summed E-state index contributed by atoms with van der Waals surface area (Å²) in [5.41, 5.74) is 0. The minimum atomic E-state index is -1.50. The predicted molar refractivity (Wildman–Crippen MR) is 9.47 cm³/mol. The normalized spacial score (nSPS) is 3.43. The Balaban J connectivity index is -0.0000000150. The summed E-state index contributed by atoms with van der Waals surface area (Å²) >= 11 is 0. The zero-order valence-corrected chi connectivity index (χ0v) is 8.12. The molecule has 0 fully saturated rings. The Hall–Kier alpha value is 1.16. The van der Waals surface area contributed by atoms with Crippen molar-refractivity contribution < 1.29 is 74.9 Å². The zero-order valence-electron chi connectivity index (χ0n) is 4.12. The van der Waals surface area contributed by atoms with Crippen molar-refractivity contribution in [2.45, 2.75) is 0 Å². The molecule has 0 aliphatic carbocycles. The number of rotatable bonds is 0. The van der Waals surface area contributed by atoms with Crippen molar-refractivity contribution >= 4 is 0 Å². The van der Waals surface area contributed by atoms with E-state index in [2.05, 4.69) is 0 Å². The average molecular weight is 125 g/mol. The summed E-state index contributed by atoms with van der Waals surface area (Å²) in [5, 5.41) is 13.6. The first-order valence-electron chi connectivity index (χ1n) is 0.565. The van der Waals surface area contributed by atoms with Crippen LogP contribution in [0.3, 0.4) is 0 Å². The molecule has 7 heteroatoms. The number of hydrogen-bond acceptors (Lipinski definition) is 2. The van der Waals surface area contributed by atoms with Crippen molar-refractivity contribution in [3.8, 4) is 0 Å². The topological polar surface area (TPSA) is 91.9 Å². The van der Waals surface area contributed by atoms with Crippen LogP contribution in [-0.4, -0.2) is 10.3 Å². The van der Waals surface area contributed by atoms with Crippen LogP contribution in [0.25, 0.3) is 0 Å². The molecule has 1 N–H and O–H groups in total. The van der Waals surface area contributed by atoms with Crippen molar-refractivity contribution in [2.75, 3.05) is 0 Å². The predicted octanol–water partition coefficient (Wildman–Crippen LogP) is -6.46. The van der Waals surface area contributed by atoms with Gasteiger partial charge in [-0.05, 0) is 0 Å². The molecule has 0 aliphatic rings. The largest absolute Gasteiger partial charge is 2.00 e. The van der Waals surface area contributed by atoms with Gasteiger partial charge in [0.1, 0.15) is 0 Å². The smallest absolute Gasteiger partial charge is 1.00 e. The van der Waals surface area contributed by atoms with Gasteiger partial charge in [0.15, 0.2) is 0 Å². The zero-order chi connectivity index (χ0) is 3.58. The van der Waals surface area contributed by atoms with Crippen LogP contribution in [0.4, 0.5) is 0 Å². The van der Waals surface area contributed by atoms with Gasteiger partial charge in [-0.2, -0.15) is 0 Å². The SMILES string of the molecule is O=[N+]([O-])O.[Na+].[Na+].[O-2]. The Bertz CT molecular complexity index is 32.7. The molecule has 0 radical (unpaired) electrons. The van der Waals surface area contributed by atoms with Gasteiger partial charge in [-0.1, -0.05) is 0 Å². The Morgan fingerprint density at radius 1 is 1.43 bits per heavy atom. The van der Waals surface area contributed by atoms with Crippen molar-refractivity contribution in [1.82, 2.24) is 0 Å². The second-order valence-electron chi connectivity index (χ2n) is 0.238. The third kappa shape index (κ3) is 142. The Morgan fingerprint density at radius 3 is 1.43 bits per heavy atom. The molecule has 0 unspecified atom stereocenters. The van der Waals surface area contributed by atoms with Gasteiger partial charge >= 0.3 is 59.1 Å². The first-order valence-corrected chi connectivity index (χ1v) is 0.565. The molecule has 0 bridgehead atoms. The fourth-order valence-corrected chi connectivity index (χ4v) is 0. The molecule has 0 aliphatic heterocycles. The minimum absolute atomic E-state index is 0. The van der Waals surface area contributed by atoms with E-state index in [9.17, 15) is 0 Å². The molecule has 0 heterocycles. The van der Waals surface area contributed by atoms with Gasteiger partial charge in [0, 0.05) is 0 Å². The first-order chi connectivity index (χ1) is 1.73. The molecule has 0 aromatic carbocycles. The molecule has 0 saturated heterocycles. The fraction of sp³-hybridized carbons (Fsp3) is 0. The summed E-state index contributed by atoms with van der Waals surface area (Å²) in [6.07, 6.45) is 0. The van der Waals surface area contributed by atoms with E-state index in [-0.39, 0.29) is 64.6 Å². The van der Waals surface area contributed by atoms with E-state index in [0.717, 1.165) is 0 Å². The quantitative estimate of drug-likeness (QED) is 0.198. The van der Waals surface area contributed by atoms with Gasteiger partial charge in [0.2, 0.25) is 0 Å². The molecular weight excluding hydrogens is 124 g/mol. The molecule has 0 atom stereocenters. The minimum Gasteiger partial charge on any atom is -2.00 e. The standard InChI is InChI=1S/HNO3.2Na.O/c2-1(3)4;;;/h(H,2,3,4);;;/q;2*+1;-2. The van der Waals surface area contributed by atoms with E-state index in [0.29, 0.717) is 0 Å². The summed E-state index contributed by atoms with van der Waals surface area (Å²) in [7, 11) is 0. The third-order valence-electron chi connectivity index (χ3n) is 0. The van der Waals surface area contributed by atoms with Crippen molar-refractivity contribution in [1.29, 1.82) is 0 Å². The summed E-state index contributed by atoms with van der Waals surface area (Å²) < 4.78 is 0. The molecule has 0 amide bonds. The molecule has 0 aromatic heterocycles. The van der Waals surface area contributed by atoms with Gasteiger partial charge < -0.3 is 10.7 Å². The van der Waals surface area contributed by atoms with Crippen LogP contribution in [0, 0.1) is 10.1 Å². The molecule has 7 heavy (non-hydrogen) atoms. The van der Waals surface area contributed by atoms with E-state index < -0.39 is 5.09 Å². The van der Waals surface area contributed by atoms with Crippen LogP contribution in [0.2, 0.25) is 0 Å². The van der Waals surface area contributed by atoms with Gasteiger partial charge in [0.25, 0.3) is 5.09 Å². The molecule has 32 valence electrons. The Kier molecular flexibility index (Phi) is 54.2. The van der Waals surface area contributed by atoms with E-state index in [1.807, 2.05) is 0 Å². The van der Waals surface area contributed by atoms with Gasteiger partial charge in [-0.3, -0.25) is 0 Å². The van der Waals surface area contributed by atoms with E-state index in [1.165, 1.54) is 0 Å². The monoisotopic (exact) mass is 125 g/mol. The second kappa shape index (κ2) is 15.7. The maximum absolute atomic E-state index is 8.36. The van der Waals surface area contributed by atoms with Crippen LogP contribution in [0.1, 0.15) is 0 Å². The van der Waals surface area contributed by atoms with Crippen molar-refractivity contribution in [2.24, 2.45) is 0 Å². The molecule has 5 nitrogen and oxygen atoms in total.